The van der Waals surface area contributed by atoms with Gasteiger partial charge in [0.15, 0.2) is 0 Å². The van der Waals surface area contributed by atoms with E-state index in [0.717, 1.165) is 5.56 Å². The van der Waals surface area contributed by atoms with Crippen LogP contribution in [0.15, 0.2) is 84.2 Å². The molecule has 1 amide bonds. The van der Waals surface area contributed by atoms with Gasteiger partial charge in [0.1, 0.15) is 0 Å². The van der Waals surface area contributed by atoms with Crippen LogP contribution < -0.4 is 5.43 Å². The lowest BCUT2D eigenvalue weighted by molar-refractivity contribution is -0.384. The van der Waals surface area contributed by atoms with Crippen molar-refractivity contribution < 1.29 is 9.72 Å². The number of amides is 1. The quantitative estimate of drug-likeness (QED) is 0.311. The molecule has 2 aromatic carbocycles. The van der Waals surface area contributed by atoms with Crippen LogP contribution in [0.25, 0.3) is 22.2 Å². The van der Waals surface area contributed by atoms with Crippen LogP contribution in [-0.2, 0) is 0 Å². The van der Waals surface area contributed by atoms with Crippen LogP contribution in [0.3, 0.4) is 0 Å². The zero-order valence-electron chi connectivity index (χ0n) is 15.6. The van der Waals surface area contributed by atoms with Crippen LogP contribution in [0.4, 0.5) is 5.69 Å². The molecule has 4 rings (SSSR count). The van der Waals surface area contributed by atoms with Gasteiger partial charge in [0.2, 0.25) is 0 Å². The van der Waals surface area contributed by atoms with Crippen molar-refractivity contribution in [2.24, 2.45) is 5.10 Å². The number of hydrogen-bond donors (Lipinski definition) is 1. The van der Waals surface area contributed by atoms with Crippen LogP contribution in [-0.4, -0.2) is 27.0 Å². The van der Waals surface area contributed by atoms with Crippen molar-refractivity contribution in [2.75, 3.05) is 0 Å². The van der Waals surface area contributed by atoms with Gasteiger partial charge in [0.05, 0.1) is 27.9 Å². The van der Waals surface area contributed by atoms with Gasteiger partial charge in [-0.1, -0.05) is 18.2 Å². The number of pyridine rings is 2. The van der Waals surface area contributed by atoms with Crippen LogP contribution >= 0.6 is 0 Å². The number of fused-ring (bicyclic) bond motifs is 1. The first-order chi connectivity index (χ1) is 14.6. The maximum atomic E-state index is 12.8. The second-order valence-electron chi connectivity index (χ2n) is 6.36. The molecule has 0 fully saturated rings. The molecule has 0 unspecified atom stereocenters. The Morgan fingerprint density at radius 2 is 1.87 bits per heavy atom. The average Bonchev–Trinajstić information content (AvgIpc) is 2.79. The molecule has 0 saturated carbocycles. The summed E-state index contributed by atoms with van der Waals surface area (Å²) < 4.78 is 0. The number of nitro groups is 1. The molecule has 0 bridgehead atoms. The van der Waals surface area contributed by atoms with Gasteiger partial charge in [-0.05, 0) is 42.0 Å². The van der Waals surface area contributed by atoms with Gasteiger partial charge in [0.25, 0.3) is 11.6 Å². The minimum absolute atomic E-state index is 0.0117. The third-order valence-corrected chi connectivity index (χ3v) is 4.40. The summed E-state index contributed by atoms with van der Waals surface area (Å²) >= 11 is 0. The Morgan fingerprint density at radius 3 is 2.60 bits per heavy atom. The number of hydrogen-bond acceptors (Lipinski definition) is 6. The van der Waals surface area contributed by atoms with Gasteiger partial charge in [-0.25, -0.2) is 10.4 Å². The fourth-order valence-corrected chi connectivity index (χ4v) is 2.93. The molecule has 0 spiro atoms. The number of carbonyl (C=O) groups excluding carboxylic acids is 1. The Morgan fingerprint density at radius 1 is 1.07 bits per heavy atom. The van der Waals surface area contributed by atoms with Gasteiger partial charge < -0.3 is 0 Å². The number of nitrogens with one attached hydrogen (secondary N) is 1. The Kier molecular flexibility index (Phi) is 5.21. The lowest BCUT2D eigenvalue weighted by atomic mass is 10.0. The van der Waals surface area contributed by atoms with Crippen molar-refractivity contribution in [1.29, 1.82) is 0 Å². The van der Waals surface area contributed by atoms with E-state index in [-0.39, 0.29) is 5.69 Å². The maximum absolute atomic E-state index is 12.8. The first-order valence-electron chi connectivity index (χ1n) is 9.00. The van der Waals surface area contributed by atoms with Crippen molar-refractivity contribution in [1.82, 2.24) is 15.4 Å². The molecule has 1 N–H and O–H groups in total. The zero-order chi connectivity index (χ0) is 20.9. The highest BCUT2D eigenvalue weighted by Crippen LogP contribution is 2.24. The van der Waals surface area contributed by atoms with Gasteiger partial charge in [0, 0.05) is 35.5 Å². The van der Waals surface area contributed by atoms with Crippen molar-refractivity contribution in [3.63, 3.8) is 0 Å². The Hall–Kier alpha value is -4.46. The van der Waals surface area contributed by atoms with Crippen molar-refractivity contribution in [3.8, 4) is 11.3 Å². The molecule has 0 radical (unpaired) electrons. The summed E-state index contributed by atoms with van der Waals surface area (Å²) in [4.78, 5) is 31.8. The first kappa shape index (κ1) is 18.9. The van der Waals surface area contributed by atoms with Crippen molar-refractivity contribution in [3.05, 3.63) is 100 Å². The molecule has 8 nitrogen and oxygen atoms in total. The van der Waals surface area contributed by atoms with E-state index in [1.165, 1.54) is 18.3 Å². The van der Waals surface area contributed by atoms with E-state index in [2.05, 4.69) is 20.5 Å². The molecule has 0 aliphatic rings. The molecule has 0 saturated heterocycles. The molecule has 8 heteroatoms. The largest absolute Gasteiger partial charge is 0.272 e. The molecule has 2 heterocycles. The predicted octanol–water partition coefficient (Wildman–Crippen LogP) is 3.97. The highest BCUT2D eigenvalue weighted by molar-refractivity contribution is 6.07. The molecule has 30 heavy (non-hydrogen) atoms. The standard InChI is InChI=1S/C22H15N5O3/c28-22(26-24-13-15-7-9-17(10-8-15)27(29)30)19-12-21(16-4-3-11-23-14-16)25-20-6-2-1-5-18(19)20/h1-14H,(H,26,28). The van der Waals surface area contributed by atoms with Gasteiger partial charge in [-0.15, -0.1) is 0 Å². The van der Waals surface area contributed by atoms with Gasteiger partial charge in [-0.3, -0.25) is 19.9 Å². The fraction of sp³-hybridized carbons (Fsp3) is 0. The molecule has 0 aliphatic heterocycles. The highest BCUT2D eigenvalue weighted by Gasteiger charge is 2.13. The number of aromatic nitrogens is 2. The van der Waals surface area contributed by atoms with Gasteiger partial charge >= 0.3 is 0 Å². The Balaban J connectivity index is 1.61. The maximum Gasteiger partial charge on any atom is 0.272 e. The summed E-state index contributed by atoms with van der Waals surface area (Å²) in [5.74, 6) is -0.392. The number of hydrazone groups is 1. The van der Waals surface area contributed by atoms with Crippen molar-refractivity contribution in [2.45, 2.75) is 0 Å². The second kappa shape index (κ2) is 8.27. The van der Waals surface area contributed by atoms with E-state index in [1.54, 1.807) is 36.7 Å². The number of nitrogens with zero attached hydrogens (tertiary/aromatic N) is 4. The molecule has 2 aromatic heterocycles. The molecule has 4 aromatic rings. The fourth-order valence-electron chi connectivity index (χ4n) is 2.93. The minimum Gasteiger partial charge on any atom is -0.267 e. The van der Waals surface area contributed by atoms with Crippen molar-refractivity contribution >= 4 is 28.7 Å². The monoisotopic (exact) mass is 397 g/mol. The predicted molar refractivity (Wildman–Crippen MR) is 113 cm³/mol. The first-order valence-corrected chi connectivity index (χ1v) is 9.00. The summed E-state index contributed by atoms with van der Waals surface area (Å²) in [5, 5.41) is 15.4. The summed E-state index contributed by atoms with van der Waals surface area (Å²) in [7, 11) is 0. The Labute approximate surface area is 171 Å². The molecule has 0 atom stereocenters. The number of carbonyl (C=O) groups is 1. The summed E-state index contributed by atoms with van der Waals surface area (Å²) in [6.07, 6.45) is 4.78. The number of nitro benzene ring substituents is 1. The SMILES string of the molecule is O=C(NN=Cc1ccc([N+](=O)[O-])cc1)c1cc(-c2cccnc2)nc2ccccc12. The number of benzene rings is 2. The minimum atomic E-state index is -0.475. The number of para-hydroxylation sites is 1. The smallest absolute Gasteiger partial charge is 0.267 e. The third-order valence-electron chi connectivity index (χ3n) is 4.40. The normalized spacial score (nSPS) is 10.9. The lowest BCUT2D eigenvalue weighted by Gasteiger charge is -2.08. The van der Waals surface area contributed by atoms with E-state index in [1.807, 2.05) is 30.3 Å². The van der Waals surface area contributed by atoms with E-state index >= 15 is 0 Å². The molecular formula is C22H15N5O3. The highest BCUT2D eigenvalue weighted by atomic mass is 16.6. The van der Waals surface area contributed by atoms with Crippen LogP contribution in [0.1, 0.15) is 15.9 Å². The lowest BCUT2D eigenvalue weighted by Crippen LogP contribution is -2.18. The van der Waals surface area contributed by atoms with Crippen LogP contribution in [0.2, 0.25) is 0 Å². The zero-order valence-corrected chi connectivity index (χ0v) is 15.6. The van der Waals surface area contributed by atoms with E-state index in [0.29, 0.717) is 27.7 Å². The van der Waals surface area contributed by atoms with Crippen LogP contribution in [0, 0.1) is 10.1 Å². The van der Waals surface area contributed by atoms with Crippen LogP contribution in [0.5, 0.6) is 0 Å². The summed E-state index contributed by atoms with van der Waals surface area (Å²) in [5.41, 5.74) is 5.66. The van der Waals surface area contributed by atoms with E-state index < -0.39 is 10.8 Å². The molecule has 146 valence electrons. The number of non-ortho nitro benzene ring substituents is 1. The Bertz CT molecular complexity index is 1260. The second-order valence-corrected chi connectivity index (χ2v) is 6.36. The van der Waals surface area contributed by atoms with Gasteiger partial charge in [-0.2, -0.15) is 5.10 Å². The average molecular weight is 397 g/mol. The summed E-state index contributed by atoms with van der Waals surface area (Å²) in [6, 6.07) is 18.6. The third kappa shape index (κ3) is 4.02. The number of rotatable bonds is 5. The molecule has 0 aliphatic carbocycles. The topological polar surface area (TPSA) is 110 Å². The summed E-state index contributed by atoms with van der Waals surface area (Å²) in [6.45, 7) is 0. The van der Waals surface area contributed by atoms with E-state index in [9.17, 15) is 14.9 Å². The molecular weight excluding hydrogens is 382 g/mol. The van der Waals surface area contributed by atoms with E-state index in [4.69, 9.17) is 0 Å².